The van der Waals surface area contributed by atoms with Crippen LogP contribution in [0.25, 0.3) is 21.3 Å². The third kappa shape index (κ3) is 5.25. The van der Waals surface area contributed by atoms with E-state index in [4.69, 9.17) is 21.3 Å². The van der Waals surface area contributed by atoms with Gasteiger partial charge in [-0.25, -0.2) is 4.98 Å². The quantitative estimate of drug-likeness (QED) is 0.218. The summed E-state index contributed by atoms with van der Waals surface area (Å²) in [5, 5.41) is 16.3. The maximum absolute atomic E-state index is 13.3. The highest BCUT2D eigenvalue weighted by molar-refractivity contribution is 7.19. The lowest BCUT2D eigenvalue weighted by Crippen LogP contribution is -2.35. The third-order valence-corrected chi connectivity index (χ3v) is 9.99. The number of benzene rings is 2. The van der Waals surface area contributed by atoms with E-state index in [-0.39, 0.29) is 35.2 Å². The number of hydrogen-bond donors (Lipinski definition) is 2. The number of aromatic nitrogens is 2. The lowest BCUT2D eigenvalue weighted by atomic mass is 9.85. The maximum Gasteiger partial charge on any atom is 0.310 e. The summed E-state index contributed by atoms with van der Waals surface area (Å²) in [6.07, 6.45) is 2.09. The lowest BCUT2D eigenvalue weighted by Gasteiger charge is -2.24. The maximum atomic E-state index is 13.3. The Labute approximate surface area is 250 Å². The fraction of sp³-hybridized carbons (Fsp3) is 0.258. The van der Waals surface area contributed by atoms with Crippen molar-refractivity contribution in [3.63, 3.8) is 0 Å². The minimum Gasteiger partial charge on any atom is -0.497 e. The normalized spacial score (nSPS) is 15.4. The second-order valence-electron chi connectivity index (χ2n) is 10.2. The number of carbonyl (C=O) groups excluding carboxylic acids is 1. The van der Waals surface area contributed by atoms with Crippen LogP contribution in [0.1, 0.15) is 41.1 Å². The third-order valence-electron chi connectivity index (χ3n) is 7.68. The molecule has 2 aromatic carbocycles. The first-order valence-corrected chi connectivity index (χ1v) is 15.4. The molecule has 3 aromatic heterocycles. The summed E-state index contributed by atoms with van der Waals surface area (Å²) in [6, 6.07) is 17.6. The number of amides is 1. The van der Waals surface area contributed by atoms with Gasteiger partial charge in [-0.1, -0.05) is 65.4 Å². The number of thiazole rings is 1. The molecule has 1 aliphatic carbocycles. The zero-order valence-corrected chi connectivity index (χ0v) is 24.9. The second-order valence-corrected chi connectivity index (χ2v) is 12.5. The molecule has 1 amide bonds. The minimum absolute atomic E-state index is 0.0526. The van der Waals surface area contributed by atoms with Crippen LogP contribution >= 0.6 is 34.3 Å². The lowest BCUT2D eigenvalue weighted by molar-refractivity contribution is -0.126. The summed E-state index contributed by atoms with van der Waals surface area (Å²) in [5.74, 6) is 0.533. The molecule has 0 aliphatic heterocycles. The van der Waals surface area contributed by atoms with Crippen molar-refractivity contribution >= 4 is 50.4 Å². The van der Waals surface area contributed by atoms with Crippen molar-refractivity contribution in [3.05, 3.63) is 96.4 Å². The van der Waals surface area contributed by atoms with Crippen molar-refractivity contribution < 1.29 is 14.6 Å². The number of methoxy groups -OCH3 is 1. The molecular weight excluding hydrogens is 578 g/mol. The van der Waals surface area contributed by atoms with Gasteiger partial charge in [0.1, 0.15) is 10.6 Å². The van der Waals surface area contributed by atoms with E-state index in [1.54, 1.807) is 18.4 Å². The predicted octanol–water partition coefficient (Wildman–Crippen LogP) is 6.58. The Morgan fingerprint density at radius 1 is 1.22 bits per heavy atom. The van der Waals surface area contributed by atoms with Gasteiger partial charge in [0, 0.05) is 21.7 Å². The van der Waals surface area contributed by atoms with E-state index >= 15 is 0 Å². The average Bonchev–Trinajstić information content (AvgIpc) is 3.51. The van der Waals surface area contributed by atoms with Gasteiger partial charge in [0.05, 0.1) is 35.8 Å². The first kappa shape index (κ1) is 27.5. The topological polar surface area (TPSA) is 93.4 Å². The molecule has 0 bridgehead atoms. The van der Waals surface area contributed by atoms with Crippen molar-refractivity contribution in [2.75, 3.05) is 7.11 Å². The van der Waals surface area contributed by atoms with E-state index in [1.165, 1.54) is 15.5 Å². The molecule has 0 radical (unpaired) electrons. The van der Waals surface area contributed by atoms with Crippen LogP contribution in [-0.4, -0.2) is 27.7 Å². The molecule has 210 valence electrons. The van der Waals surface area contributed by atoms with Gasteiger partial charge >= 0.3 is 4.87 Å². The zero-order chi connectivity index (χ0) is 28.7. The van der Waals surface area contributed by atoms with Crippen LogP contribution in [0.5, 0.6) is 11.6 Å². The number of rotatable bonds is 7. The van der Waals surface area contributed by atoms with Crippen LogP contribution in [0.4, 0.5) is 0 Å². The Kier molecular flexibility index (Phi) is 7.59. The van der Waals surface area contributed by atoms with Gasteiger partial charge in [-0.2, -0.15) is 0 Å². The van der Waals surface area contributed by atoms with E-state index in [0.29, 0.717) is 17.1 Å². The molecule has 10 heteroatoms. The molecule has 5 aromatic rings. The Morgan fingerprint density at radius 3 is 2.66 bits per heavy atom. The monoisotopic (exact) mass is 605 g/mol. The molecule has 6 rings (SSSR count). The molecule has 0 fully saturated rings. The minimum atomic E-state index is -0.282. The van der Waals surface area contributed by atoms with E-state index in [9.17, 15) is 14.7 Å². The largest absolute Gasteiger partial charge is 0.497 e. The Balaban J connectivity index is 1.39. The molecule has 1 aliphatic rings. The van der Waals surface area contributed by atoms with Crippen molar-refractivity contribution in [2.24, 2.45) is 5.92 Å². The number of nitrogens with one attached hydrogen (secondary N) is 1. The first-order chi connectivity index (χ1) is 19.8. The van der Waals surface area contributed by atoms with Crippen molar-refractivity contribution in [2.45, 2.75) is 38.8 Å². The van der Waals surface area contributed by atoms with Gasteiger partial charge in [-0.05, 0) is 55.0 Å². The number of fused-ring (bicyclic) bond motifs is 3. The van der Waals surface area contributed by atoms with Crippen LogP contribution in [0, 0.1) is 5.92 Å². The number of aryl methyl sites for hydroxylation is 1. The van der Waals surface area contributed by atoms with Gasteiger partial charge in [-0.3, -0.25) is 14.2 Å². The number of thiophene rings is 1. The number of halogens is 1. The first-order valence-electron chi connectivity index (χ1n) is 13.3. The molecule has 0 saturated carbocycles. The summed E-state index contributed by atoms with van der Waals surface area (Å²) in [7, 11) is 1.62. The van der Waals surface area contributed by atoms with E-state index in [1.807, 2.05) is 61.5 Å². The summed E-state index contributed by atoms with van der Waals surface area (Å²) < 4.78 is 6.63. The van der Waals surface area contributed by atoms with Crippen LogP contribution in [0.15, 0.2) is 64.8 Å². The summed E-state index contributed by atoms with van der Waals surface area (Å²) in [4.78, 5) is 32.2. The molecular formula is C31H28ClN3O4S2. The van der Waals surface area contributed by atoms with Crippen molar-refractivity contribution in [1.29, 1.82) is 0 Å². The van der Waals surface area contributed by atoms with E-state index in [2.05, 4.69) is 5.32 Å². The molecule has 0 unspecified atom stereocenters. The molecule has 2 atom stereocenters. The highest BCUT2D eigenvalue weighted by atomic mass is 35.5. The number of nitrogens with zero attached hydrogens (tertiary/aromatic N) is 2. The Hall–Kier alpha value is -3.66. The number of pyridine rings is 1. The van der Waals surface area contributed by atoms with Crippen LogP contribution in [0.3, 0.4) is 0 Å². The highest BCUT2D eigenvalue weighted by Gasteiger charge is 2.31. The Bertz CT molecular complexity index is 1790. The average molecular weight is 606 g/mol. The van der Waals surface area contributed by atoms with E-state index in [0.717, 1.165) is 61.7 Å². The van der Waals surface area contributed by atoms with Gasteiger partial charge < -0.3 is 15.2 Å². The van der Waals surface area contributed by atoms with Gasteiger partial charge in [0.25, 0.3) is 0 Å². The summed E-state index contributed by atoms with van der Waals surface area (Å²) >= 11 is 9.57. The molecule has 3 heterocycles. The number of aromatic hydroxyl groups is 1. The van der Waals surface area contributed by atoms with Crippen LogP contribution < -0.4 is 14.9 Å². The summed E-state index contributed by atoms with van der Waals surface area (Å²) in [5.41, 5.74) is 4.50. The molecule has 0 saturated heterocycles. The van der Waals surface area contributed by atoms with Gasteiger partial charge in [0.15, 0.2) is 0 Å². The number of carbonyl (C=O) groups is 1. The molecule has 2 N–H and O–H groups in total. The second kappa shape index (κ2) is 11.3. The SMILES string of the molecule is COc1ccc(-c2c(Cl)c(Cn3c(O)csc3=O)nc3sc4c(c23)CC[C@H](C(=O)N[C@H](C)c2ccccc2)C4)cc1. The fourth-order valence-electron chi connectivity index (χ4n) is 5.47. The number of ether oxygens (including phenoxy) is 1. The smallest absolute Gasteiger partial charge is 0.310 e. The fourth-order valence-corrected chi connectivity index (χ4v) is 7.72. The molecule has 7 nitrogen and oxygen atoms in total. The standard InChI is InChI=1S/C31H28ClN3O4S2/c1-17(18-6-4-3-5-7-18)33-29(37)20-10-13-22-24(14-20)41-30-27(22)26(19-8-11-21(39-2)12-9-19)28(32)23(34-30)15-35-25(36)16-40-31(35)38/h3-9,11-12,16-17,20,36H,10,13-15H2,1-2H3,(H,33,37)/t17-,20+/m1/s1. The predicted molar refractivity (Wildman–Crippen MR) is 164 cm³/mol. The Morgan fingerprint density at radius 2 is 1.98 bits per heavy atom. The van der Waals surface area contributed by atoms with Crippen molar-refractivity contribution in [3.8, 4) is 22.8 Å². The zero-order valence-electron chi connectivity index (χ0n) is 22.5. The number of hydrogen-bond acceptors (Lipinski definition) is 7. The van der Waals surface area contributed by atoms with E-state index < -0.39 is 0 Å². The highest BCUT2D eigenvalue weighted by Crippen LogP contribution is 2.46. The molecule has 0 spiro atoms. The van der Waals surface area contributed by atoms with Gasteiger partial charge in [0.2, 0.25) is 11.8 Å². The molecule has 41 heavy (non-hydrogen) atoms. The van der Waals surface area contributed by atoms with Crippen LogP contribution in [0.2, 0.25) is 5.02 Å². The van der Waals surface area contributed by atoms with Crippen molar-refractivity contribution in [1.82, 2.24) is 14.9 Å². The van der Waals surface area contributed by atoms with Crippen LogP contribution in [-0.2, 0) is 24.2 Å². The van der Waals surface area contributed by atoms with Gasteiger partial charge in [-0.15, -0.1) is 11.3 Å². The summed E-state index contributed by atoms with van der Waals surface area (Å²) in [6.45, 7) is 2.06.